The molecule has 1 aromatic rings. The van der Waals surface area contributed by atoms with Gasteiger partial charge in [-0.05, 0) is 29.7 Å². The molecule has 1 aliphatic heterocycles. The Labute approximate surface area is 83.1 Å². The molecule has 1 N–H and O–H groups in total. The van der Waals surface area contributed by atoms with Gasteiger partial charge in [0.15, 0.2) is 0 Å². The maximum atomic E-state index is 12.9. The van der Waals surface area contributed by atoms with Gasteiger partial charge in [0.25, 0.3) is 0 Å². The first-order chi connectivity index (χ1) is 6.79. The predicted octanol–water partition coefficient (Wildman–Crippen LogP) is 1.49. The molecule has 0 saturated carbocycles. The fourth-order valence-corrected chi connectivity index (χ4v) is 1.87. The van der Waals surface area contributed by atoms with Crippen LogP contribution in [0.1, 0.15) is 11.1 Å². The van der Waals surface area contributed by atoms with E-state index < -0.39 is 0 Å². The minimum atomic E-state index is -0.157. The highest BCUT2D eigenvalue weighted by molar-refractivity contribution is 5.30. The Hall–Kier alpha value is -0.930. The second kappa shape index (κ2) is 4.07. The summed E-state index contributed by atoms with van der Waals surface area (Å²) in [4.78, 5) is 0. The van der Waals surface area contributed by atoms with Gasteiger partial charge in [0.1, 0.15) is 5.82 Å². The van der Waals surface area contributed by atoms with Crippen LogP contribution in [0, 0.1) is 5.82 Å². The number of ether oxygens (including phenoxy) is 1. The van der Waals surface area contributed by atoms with Crippen LogP contribution in [0.15, 0.2) is 18.2 Å². The molecule has 0 radical (unpaired) electrons. The van der Waals surface area contributed by atoms with Crippen LogP contribution >= 0.6 is 0 Å². The molecule has 3 heteroatoms. The number of rotatable bonds is 2. The Morgan fingerprint density at radius 2 is 2.36 bits per heavy atom. The minimum Gasteiger partial charge on any atom is -0.383 e. The molecule has 0 aliphatic carbocycles. The van der Waals surface area contributed by atoms with Crippen molar-refractivity contribution in [1.82, 2.24) is 5.32 Å². The van der Waals surface area contributed by atoms with Gasteiger partial charge in [-0.1, -0.05) is 6.07 Å². The Morgan fingerprint density at radius 1 is 1.50 bits per heavy atom. The predicted molar refractivity (Wildman–Crippen MR) is 52.6 cm³/mol. The van der Waals surface area contributed by atoms with Gasteiger partial charge < -0.3 is 10.1 Å². The number of benzene rings is 1. The normalized spacial score (nSPS) is 20.6. The first kappa shape index (κ1) is 9.62. The van der Waals surface area contributed by atoms with Gasteiger partial charge in [-0.3, -0.25) is 0 Å². The number of nitrogens with one attached hydrogen (secondary N) is 1. The van der Waals surface area contributed by atoms with Crippen molar-refractivity contribution in [1.29, 1.82) is 0 Å². The first-order valence-corrected chi connectivity index (χ1v) is 4.79. The summed E-state index contributed by atoms with van der Waals surface area (Å²) >= 11 is 0. The van der Waals surface area contributed by atoms with Gasteiger partial charge in [-0.15, -0.1) is 0 Å². The van der Waals surface area contributed by atoms with Crippen molar-refractivity contribution < 1.29 is 9.13 Å². The molecule has 1 atom stereocenters. The van der Waals surface area contributed by atoms with Crippen LogP contribution < -0.4 is 5.32 Å². The quantitative estimate of drug-likeness (QED) is 0.772. The van der Waals surface area contributed by atoms with E-state index in [1.165, 1.54) is 11.6 Å². The molecule has 0 aromatic heterocycles. The Balaban J connectivity index is 2.15. The van der Waals surface area contributed by atoms with E-state index in [0.29, 0.717) is 12.6 Å². The lowest BCUT2D eigenvalue weighted by Crippen LogP contribution is -2.38. The summed E-state index contributed by atoms with van der Waals surface area (Å²) in [5.74, 6) is -0.157. The van der Waals surface area contributed by atoms with Crippen molar-refractivity contribution in [2.75, 3.05) is 13.7 Å². The van der Waals surface area contributed by atoms with E-state index in [4.69, 9.17) is 4.74 Å². The van der Waals surface area contributed by atoms with Crippen LogP contribution in [0.4, 0.5) is 4.39 Å². The summed E-state index contributed by atoms with van der Waals surface area (Å²) in [7, 11) is 1.70. The molecule has 1 unspecified atom stereocenters. The SMILES string of the molecule is COCC1Cc2ccc(F)cc2CN1. The minimum absolute atomic E-state index is 0.157. The highest BCUT2D eigenvalue weighted by Gasteiger charge is 2.17. The van der Waals surface area contributed by atoms with E-state index in [1.54, 1.807) is 13.2 Å². The van der Waals surface area contributed by atoms with Gasteiger partial charge in [-0.2, -0.15) is 0 Å². The second-order valence-corrected chi connectivity index (χ2v) is 3.65. The average molecular weight is 195 g/mol. The van der Waals surface area contributed by atoms with Crippen molar-refractivity contribution in [3.63, 3.8) is 0 Å². The number of fused-ring (bicyclic) bond motifs is 1. The third-order valence-corrected chi connectivity index (χ3v) is 2.58. The summed E-state index contributed by atoms with van der Waals surface area (Å²) in [5, 5.41) is 3.31. The van der Waals surface area contributed by atoms with Crippen LogP contribution in [-0.4, -0.2) is 19.8 Å². The van der Waals surface area contributed by atoms with Crippen LogP contribution in [0.5, 0.6) is 0 Å². The van der Waals surface area contributed by atoms with Crippen molar-refractivity contribution in [2.24, 2.45) is 0 Å². The fraction of sp³-hybridized carbons (Fsp3) is 0.455. The topological polar surface area (TPSA) is 21.3 Å². The molecule has 0 bridgehead atoms. The van der Waals surface area contributed by atoms with Gasteiger partial charge in [0, 0.05) is 19.7 Å². The van der Waals surface area contributed by atoms with Crippen LogP contribution in [0.2, 0.25) is 0 Å². The van der Waals surface area contributed by atoms with Crippen LogP contribution in [0.25, 0.3) is 0 Å². The van der Waals surface area contributed by atoms with Crippen LogP contribution in [0.3, 0.4) is 0 Å². The zero-order valence-corrected chi connectivity index (χ0v) is 8.22. The standard InChI is InChI=1S/C11H14FNO/c1-14-7-11-5-8-2-3-10(12)4-9(8)6-13-11/h2-4,11,13H,5-7H2,1H3. The fourth-order valence-electron chi connectivity index (χ4n) is 1.87. The summed E-state index contributed by atoms with van der Waals surface area (Å²) in [6.07, 6.45) is 0.920. The maximum Gasteiger partial charge on any atom is 0.123 e. The molecule has 76 valence electrons. The first-order valence-electron chi connectivity index (χ1n) is 4.79. The third kappa shape index (κ3) is 1.94. The zero-order chi connectivity index (χ0) is 9.97. The molecule has 14 heavy (non-hydrogen) atoms. The third-order valence-electron chi connectivity index (χ3n) is 2.58. The van der Waals surface area contributed by atoms with Crippen molar-refractivity contribution >= 4 is 0 Å². The summed E-state index contributed by atoms with van der Waals surface area (Å²) in [6.45, 7) is 1.44. The Kier molecular flexibility index (Phi) is 2.79. The van der Waals surface area contributed by atoms with Gasteiger partial charge >= 0.3 is 0 Å². The number of methoxy groups -OCH3 is 1. The Morgan fingerprint density at radius 3 is 3.14 bits per heavy atom. The van der Waals surface area contributed by atoms with E-state index in [0.717, 1.165) is 18.5 Å². The zero-order valence-electron chi connectivity index (χ0n) is 8.22. The number of hydrogen-bond acceptors (Lipinski definition) is 2. The summed E-state index contributed by atoms with van der Waals surface area (Å²) in [6, 6.07) is 5.35. The molecule has 1 aromatic carbocycles. The van der Waals surface area contributed by atoms with Crippen molar-refractivity contribution in [2.45, 2.75) is 19.0 Å². The van der Waals surface area contributed by atoms with E-state index >= 15 is 0 Å². The molecule has 2 nitrogen and oxygen atoms in total. The second-order valence-electron chi connectivity index (χ2n) is 3.65. The molecule has 1 aliphatic rings. The van der Waals surface area contributed by atoms with E-state index in [1.807, 2.05) is 6.07 Å². The largest absolute Gasteiger partial charge is 0.383 e. The number of halogens is 1. The highest BCUT2D eigenvalue weighted by Crippen LogP contribution is 2.17. The highest BCUT2D eigenvalue weighted by atomic mass is 19.1. The molecule has 0 fully saturated rings. The van der Waals surface area contributed by atoms with Crippen molar-refractivity contribution in [3.8, 4) is 0 Å². The van der Waals surface area contributed by atoms with E-state index in [9.17, 15) is 4.39 Å². The molecule has 2 rings (SSSR count). The molecule has 0 amide bonds. The van der Waals surface area contributed by atoms with Gasteiger partial charge in [-0.25, -0.2) is 4.39 Å². The smallest absolute Gasteiger partial charge is 0.123 e. The molecule has 0 spiro atoms. The molecule has 0 saturated heterocycles. The molecule has 1 heterocycles. The monoisotopic (exact) mass is 195 g/mol. The van der Waals surface area contributed by atoms with E-state index in [-0.39, 0.29) is 5.82 Å². The van der Waals surface area contributed by atoms with Gasteiger partial charge in [0.2, 0.25) is 0 Å². The van der Waals surface area contributed by atoms with E-state index in [2.05, 4.69) is 5.32 Å². The summed E-state index contributed by atoms with van der Waals surface area (Å²) < 4.78 is 18.0. The molecular weight excluding hydrogens is 181 g/mol. The lowest BCUT2D eigenvalue weighted by molar-refractivity contribution is 0.162. The van der Waals surface area contributed by atoms with Crippen molar-refractivity contribution in [3.05, 3.63) is 35.1 Å². The lowest BCUT2D eigenvalue weighted by Gasteiger charge is -2.25. The summed E-state index contributed by atoms with van der Waals surface area (Å²) in [5.41, 5.74) is 2.30. The lowest BCUT2D eigenvalue weighted by atomic mass is 9.96. The van der Waals surface area contributed by atoms with Gasteiger partial charge in [0.05, 0.1) is 6.61 Å². The Bertz CT molecular complexity index is 327. The number of hydrogen-bond donors (Lipinski definition) is 1. The average Bonchev–Trinajstić information content (AvgIpc) is 2.19. The van der Waals surface area contributed by atoms with Crippen LogP contribution in [-0.2, 0) is 17.7 Å². The maximum absolute atomic E-state index is 12.9. The molecular formula is C11H14FNO.